The summed E-state index contributed by atoms with van der Waals surface area (Å²) in [6, 6.07) is 7.77. The van der Waals surface area contributed by atoms with Gasteiger partial charge in [-0.1, -0.05) is 6.07 Å². The monoisotopic (exact) mass is 310 g/mol. The minimum absolute atomic E-state index is 0.00777. The van der Waals surface area contributed by atoms with Crippen LogP contribution in [0.1, 0.15) is 18.1 Å². The third-order valence-electron chi connectivity index (χ3n) is 3.17. The molecule has 1 atom stereocenters. The first-order valence-corrected chi connectivity index (χ1v) is 6.69. The van der Waals surface area contributed by atoms with Crippen molar-refractivity contribution in [2.75, 3.05) is 0 Å². The lowest BCUT2D eigenvalue weighted by Crippen LogP contribution is -2.05. The topological polar surface area (TPSA) is 17.8 Å². The van der Waals surface area contributed by atoms with Crippen LogP contribution < -0.4 is 0 Å². The number of rotatable bonds is 2. The van der Waals surface area contributed by atoms with Crippen molar-refractivity contribution >= 4 is 22.6 Å². The number of hydrogen-bond donors (Lipinski definition) is 0. The molecular formula is C15H10ClF3N2. The van der Waals surface area contributed by atoms with Crippen LogP contribution in [0.4, 0.5) is 13.2 Å². The average Bonchev–Trinajstić information content (AvgIpc) is 2.80. The average molecular weight is 311 g/mol. The van der Waals surface area contributed by atoms with E-state index < -0.39 is 22.8 Å². The molecule has 2 aromatic carbocycles. The number of benzene rings is 2. The molecule has 21 heavy (non-hydrogen) atoms. The van der Waals surface area contributed by atoms with Crippen LogP contribution in [-0.4, -0.2) is 9.55 Å². The summed E-state index contributed by atoms with van der Waals surface area (Å²) < 4.78 is 42.3. The lowest BCUT2D eigenvalue weighted by atomic mass is 10.2. The quantitative estimate of drug-likeness (QED) is 0.625. The van der Waals surface area contributed by atoms with Gasteiger partial charge in [0.05, 0.1) is 22.1 Å². The van der Waals surface area contributed by atoms with Gasteiger partial charge in [0.25, 0.3) is 0 Å². The molecule has 1 aromatic heterocycles. The fraction of sp³-hybridized carbons (Fsp3) is 0.133. The van der Waals surface area contributed by atoms with Crippen molar-refractivity contribution in [1.82, 2.24) is 9.55 Å². The molecule has 0 fully saturated rings. The molecule has 3 rings (SSSR count). The van der Waals surface area contributed by atoms with E-state index in [1.807, 2.05) is 0 Å². The van der Waals surface area contributed by atoms with E-state index in [2.05, 4.69) is 4.98 Å². The third kappa shape index (κ3) is 2.27. The van der Waals surface area contributed by atoms with E-state index in [4.69, 9.17) is 11.6 Å². The first kappa shape index (κ1) is 13.9. The summed E-state index contributed by atoms with van der Waals surface area (Å²) in [6.45, 7) is 1.66. The minimum atomic E-state index is -1.00. The van der Waals surface area contributed by atoms with E-state index in [1.165, 1.54) is 34.9 Å². The van der Waals surface area contributed by atoms with Crippen LogP contribution in [-0.2, 0) is 0 Å². The molecule has 0 N–H and O–H groups in total. The van der Waals surface area contributed by atoms with Crippen LogP contribution in [0, 0.1) is 17.5 Å². The second-order valence-corrected chi connectivity index (χ2v) is 5.28. The van der Waals surface area contributed by atoms with Crippen LogP contribution in [0.15, 0.2) is 36.4 Å². The number of alkyl halides is 1. The number of halogens is 4. The molecule has 2 nitrogen and oxygen atoms in total. The fourth-order valence-electron chi connectivity index (χ4n) is 2.26. The van der Waals surface area contributed by atoms with Crippen molar-refractivity contribution in [1.29, 1.82) is 0 Å². The summed E-state index contributed by atoms with van der Waals surface area (Å²) >= 11 is 6.07. The maximum absolute atomic E-state index is 14.1. The lowest BCUT2D eigenvalue weighted by Gasteiger charge is -2.11. The van der Waals surface area contributed by atoms with Crippen molar-refractivity contribution in [2.24, 2.45) is 0 Å². The van der Waals surface area contributed by atoms with Gasteiger partial charge in [0.1, 0.15) is 11.6 Å². The van der Waals surface area contributed by atoms with Gasteiger partial charge < -0.3 is 0 Å². The molecule has 1 heterocycles. The summed E-state index contributed by atoms with van der Waals surface area (Å²) in [5.41, 5.74) is 0.788. The van der Waals surface area contributed by atoms with Gasteiger partial charge in [-0.25, -0.2) is 18.2 Å². The Morgan fingerprint density at radius 3 is 2.62 bits per heavy atom. The van der Waals surface area contributed by atoms with E-state index in [9.17, 15) is 13.2 Å². The number of nitrogens with zero attached hydrogens (tertiary/aromatic N) is 2. The SMILES string of the molecule is CC(Cl)c1nc2cc(F)ccc2n1-c1cccc(F)c1F. The summed E-state index contributed by atoms with van der Waals surface area (Å²) in [5.74, 6) is -2.10. The van der Waals surface area contributed by atoms with Crippen molar-refractivity contribution in [3.8, 4) is 5.69 Å². The molecule has 0 bridgehead atoms. The van der Waals surface area contributed by atoms with Crippen molar-refractivity contribution < 1.29 is 13.2 Å². The maximum atomic E-state index is 14.1. The van der Waals surface area contributed by atoms with Gasteiger partial charge in [0.15, 0.2) is 11.6 Å². The van der Waals surface area contributed by atoms with Crippen LogP contribution in [0.3, 0.4) is 0 Å². The highest BCUT2D eigenvalue weighted by Gasteiger charge is 2.20. The zero-order valence-corrected chi connectivity index (χ0v) is 11.7. The molecule has 3 aromatic rings. The molecule has 0 saturated heterocycles. The molecule has 0 aliphatic heterocycles. The molecular weight excluding hydrogens is 301 g/mol. The maximum Gasteiger partial charge on any atom is 0.182 e. The standard InChI is InChI=1S/C15H10ClF3N2/c1-8(16)15-20-11-7-9(17)5-6-12(11)21(15)13-4-2-3-10(18)14(13)19/h2-8H,1H3. The largest absolute Gasteiger partial charge is 0.292 e. The zero-order chi connectivity index (χ0) is 15.1. The summed E-state index contributed by atoms with van der Waals surface area (Å²) in [5, 5.41) is -0.553. The Balaban J connectivity index is 2.39. The Morgan fingerprint density at radius 2 is 1.90 bits per heavy atom. The molecule has 0 radical (unpaired) electrons. The highest BCUT2D eigenvalue weighted by molar-refractivity contribution is 6.20. The van der Waals surface area contributed by atoms with Crippen LogP contribution in [0.25, 0.3) is 16.7 Å². The van der Waals surface area contributed by atoms with Crippen molar-refractivity contribution in [2.45, 2.75) is 12.3 Å². The molecule has 0 amide bonds. The van der Waals surface area contributed by atoms with E-state index in [-0.39, 0.29) is 5.69 Å². The number of imidazole rings is 1. The summed E-state index contributed by atoms with van der Waals surface area (Å²) in [7, 11) is 0. The van der Waals surface area contributed by atoms with Gasteiger partial charge in [-0.2, -0.15) is 0 Å². The first-order chi connectivity index (χ1) is 9.99. The normalized spacial score (nSPS) is 12.8. The third-order valence-corrected chi connectivity index (χ3v) is 3.37. The van der Waals surface area contributed by atoms with E-state index in [1.54, 1.807) is 6.92 Å². The minimum Gasteiger partial charge on any atom is -0.292 e. The van der Waals surface area contributed by atoms with E-state index in [0.717, 1.165) is 6.07 Å². The highest BCUT2D eigenvalue weighted by Crippen LogP contribution is 2.30. The number of aromatic nitrogens is 2. The molecule has 0 saturated carbocycles. The molecule has 108 valence electrons. The second kappa shape index (κ2) is 5.07. The van der Waals surface area contributed by atoms with Gasteiger partial charge in [-0.05, 0) is 31.2 Å². The van der Waals surface area contributed by atoms with Crippen LogP contribution in [0.5, 0.6) is 0 Å². The smallest absolute Gasteiger partial charge is 0.182 e. The molecule has 0 spiro atoms. The lowest BCUT2D eigenvalue weighted by molar-refractivity contribution is 0.504. The number of fused-ring (bicyclic) bond motifs is 1. The predicted octanol–water partition coefficient (Wildman–Crippen LogP) is 4.74. The molecule has 6 heteroatoms. The van der Waals surface area contributed by atoms with E-state index >= 15 is 0 Å². The fourth-order valence-corrected chi connectivity index (χ4v) is 2.40. The Morgan fingerprint density at radius 1 is 1.14 bits per heavy atom. The second-order valence-electron chi connectivity index (χ2n) is 4.63. The van der Waals surface area contributed by atoms with Gasteiger partial charge in [-0.15, -0.1) is 11.6 Å². The van der Waals surface area contributed by atoms with Crippen molar-refractivity contribution in [3.63, 3.8) is 0 Å². The Labute approximate surface area is 123 Å². The van der Waals surface area contributed by atoms with Gasteiger partial charge in [-0.3, -0.25) is 4.57 Å². The van der Waals surface area contributed by atoms with Gasteiger partial charge in [0, 0.05) is 6.07 Å². The summed E-state index contributed by atoms with van der Waals surface area (Å²) in [4.78, 5) is 4.22. The first-order valence-electron chi connectivity index (χ1n) is 6.25. The summed E-state index contributed by atoms with van der Waals surface area (Å²) in [6.07, 6.45) is 0. The molecule has 0 aliphatic carbocycles. The Kier molecular flexibility index (Phi) is 3.37. The Hall–Kier alpha value is -2.01. The number of hydrogen-bond acceptors (Lipinski definition) is 1. The van der Waals surface area contributed by atoms with E-state index in [0.29, 0.717) is 16.9 Å². The van der Waals surface area contributed by atoms with Crippen molar-refractivity contribution in [3.05, 3.63) is 59.7 Å². The molecule has 1 unspecified atom stereocenters. The predicted molar refractivity (Wildman–Crippen MR) is 75.2 cm³/mol. The zero-order valence-electron chi connectivity index (χ0n) is 10.9. The Bertz CT molecular complexity index is 827. The molecule has 0 aliphatic rings. The van der Waals surface area contributed by atoms with Crippen LogP contribution >= 0.6 is 11.6 Å². The van der Waals surface area contributed by atoms with Gasteiger partial charge >= 0.3 is 0 Å². The van der Waals surface area contributed by atoms with Gasteiger partial charge in [0.2, 0.25) is 0 Å². The van der Waals surface area contributed by atoms with Crippen LogP contribution in [0.2, 0.25) is 0 Å². The highest BCUT2D eigenvalue weighted by atomic mass is 35.5.